The molecule has 0 aliphatic carbocycles. The van der Waals surface area contributed by atoms with Gasteiger partial charge in [0, 0.05) is 12.8 Å². The number of methoxy groups -OCH3 is 1. The van der Waals surface area contributed by atoms with Gasteiger partial charge in [0.05, 0.1) is 19.3 Å². The second-order valence-electron chi connectivity index (χ2n) is 3.18. The Morgan fingerprint density at radius 1 is 1.36 bits per heavy atom. The summed E-state index contributed by atoms with van der Waals surface area (Å²) in [6, 6.07) is 7.73. The van der Waals surface area contributed by atoms with Crippen molar-refractivity contribution in [1.82, 2.24) is 0 Å². The molecule has 0 saturated heterocycles. The average Bonchev–Trinajstić information content (AvgIpc) is 2.18. The molecule has 0 fully saturated rings. The van der Waals surface area contributed by atoms with Crippen molar-refractivity contribution in [3.8, 4) is 0 Å². The van der Waals surface area contributed by atoms with Crippen molar-refractivity contribution in [3.05, 3.63) is 29.8 Å². The minimum absolute atomic E-state index is 0.0636. The van der Waals surface area contributed by atoms with E-state index in [4.69, 9.17) is 15.2 Å². The lowest BCUT2D eigenvalue weighted by Gasteiger charge is -2.13. The molecule has 78 valence electrons. The topological polar surface area (TPSA) is 44.5 Å². The van der Waals surface area contributed by atoms with Crippen molar-refractivity contribution in [1.29, 1.82) is 0 Å². The van der Waals surface area contributed by atoms with Gasteiger partial charge in [-0.05, 0) is 24.6 Å². The molecule has 0 amide bonds. The predicted octanol–water partition coefficient (Wildman–Crippen LogP) is 1.99. The fraction of sp³-hybridized carbons (Fsp3) is 0.455. The molecule has 0 heterocycles. The normalized spacial score (nSPS) is 12.7. The zero-order valence-electron chi connectivity index (χ0n) is 8.69. The maximum absolute atomic E-state index is 5.67. The number of rotatable bonds is 5. The SMILES string of the molecule is COCCOC(C)c1cccc(N)c1. The van der Waals surface area contributed by atoms with Crippen LogP contribution in [0.4, 0.5) is 5.69 Å². The fourth-order valence-corrected chi connectivity index (χ4v) is 1.22. The molecule has 0 aromatic heterocycles. The molecule has 0 radical (unpaired) electrons. The van der Waals surface area contributed by atoms with Gasteiger partial charge < -0.3 is 15.2 Å². The van der Waals surface area contributed by atoms with E-state index in [0.29, 0.717) is 13.2 Å². The van der Waals surface area contributed by atoms with Gasteiger partial charge in [0.1, 0.15) is 0 Å². The summed E-state index contributed by atoms with van der Waals surface area (Å²) in [5.74, 6) is 0. The summed E-state index contributed by atoms with van der Waals surface area (Å²) < 4.78 is 10.4. The third-order valence-electron chi connectivity index (χ3n) is 2.04. The molecular formula is C11H17NO2. The maximum atomic E-state index is 5.67. The molecule has 3 heteroatoms. The Bertz CT molecular complexity index is 276. The fourth-order valence-electron chi connectivity index (χ4n) is 1.22. The van der Waals surface area contributed by atoms with E-state index >= 15 is 0 Å². The summed E-state index contributed by atoms with van der Waals surface area (Å²) in [5.41, 5.74) is 7.54. The monoisotopic (exact) mass is 195 g/mol. The lowest BCUT2D eigenvalue weighted by Crippen LogP contribution is -2.06. The molecule has 0 aliphatic heterocycles. The number of anilines is 1. The van der Waals surface area contributed by atoms with E-state index in [0.717, 1.165) is 11.3 Å². The molecule has 0 aliphatic rings. The van der Waals surface area contributed by atoms with Crippen molar-refractivity contribution in [2.24, 2.45) is 0 Å². The Kier molecular flexibility index (Phi) is 4.43. The van der Waals surface area contributed by atoms with Gasteiger partial charge in [-0.25, -0.2) is 0 Å². The van der Waals surface area contributed by atoms with Gasteiger partial charge in [0.2, 0.25) is 0 Å². The Hall–Kier alpha value is -1.06. The minimum atomic E-state index is 0.0636. The first-order chi connectivity index (χ1) is 6.74. The summed E-state index contributed by atoms with van der Waals surface area (Å²) in [4.78, 5) is 0. The quantitative estimate of drug-likeness (QED) is 0.577. The van der Waals surface area contributed by atoms with Crippen LogP contribution in [0.5, 0.6) is 0 Å². The van der Waals surface area contributed by atoms with E-state index < -0.39 is 0 Å². The van der Waals surface area contributed by atoms with E-state index in [2.05, 4.69) is 0 Å². The lowest BCUT2D eigenvalue weighted by atomic mass is 10.1. The van der Waals surface area contributed by atoms with E-state index in [1.807, 2.05) is 31.2 Å². The summed E-state index contributed by atoms with van der Waals surface area (Å²) in [7, 11) is 1.66. The Morgan fingerprint density at radius 2 is 2.14 bits per heavy atom. The first-order valence-corrected chi connectivity index (χ1v) is 4.70. The number of benzene rings is 1. The molecule has 0 saturated carbocycles. The zero-order valence-corrected chi connectivity index (χ0v) is 8.69. The van der Waals surface area contributed by atoms with Crippen LogP contribution in [0.15, 0.2) is 24.3 Å². The van der Waals surface area contributed by atoms with Crippen molar-refractivity contribution >= 4 is 5.69 Å². The van der Waals surface area contributed by atoms with Crippen molar-refractivity contribution in [2.75, 3.05) is 26.1 Å². The van der Waals surface area contributed by atoms with Crippen molar-refractivity contribution in [2.45, 2.75) is 13.0 Å². The molecule has 0 bridgehead atoms. The standard InChI is InChI=1S/C11H17NO2/c1-9(14-7-6-13-2)10-4-3-5-11(12)8-10/h3-5,8-9H,6-7,12H2,1-2H3. The van der Waals surface area contributed by atoms with Gasteiger partial charge in [-0.1, -0.05) is 12.1 Å². The highest BCUT2D eigenvalue weighted by Gasteiger charge is 2.04. The van der Waals surface area contributed by atoms with Crippen LogP contribution < -0.4 is 5.73 Å². The largest absolute Gasteiger partial charge is 0.399 e. The molecular weight excluding hydrogens is 178 g/mol. The number of nitrogen functional groups attached to an aromatic ring is 1. The first-order valence-electron chi connectivity index (χ1n) is 4.70. The van der Waals surface area contributed by atoms with Crippen molar-refractivity contribution < 1.29 is 9.47 Å². The lowest BCUT2D eigenvalue weighted by molar-refractivity contribution is 0.0256. The minimum Gasteiger partial charge on any atom is -0.399 e. The molecule has 0 spiro atoms. The third kappa shape index (κ3) is 3.36. The van der Waals surface area contributed by atoms with Crippen LogP contribution in [0.1, 0.15) is 18.6 Å². The van der Waals surface area contributed by atoms with Crippen LogP contribution >= 0.6 is 0 Å². The van der Waals surface area contributed by atoms with Gasteiger partial charge in [0.25, 0.3) is 0 Å². The van der Waals surface area contributed by atoms with E-state index in [9.17, 15) is 0 Å². The molecule has 1 atom stereocenters. The Morgan fingerprint density at radius 3 is 2.79 bits per heavy atom. The van der Waals surface area contributed by atoms with Gasteiger partial charge in [0.15, 0.2) is 0 Å². The molecule has 2 N–H and O–H groups in total. The molecule has 1 aromatic rings. The highest BCUT2D eigenvalue weighted by molar-refractivity contribution is 5.41. The van der Waals surface area contributed by atoms with E-state index in [-0.39, 0.29) is 6.10 Å². The molecule has 14 heavy (non-hydrogen) atoms. The average molecular weight is 195 g/mol. The molecule has 1 rings (SSSR count). The zero-order chi connectivity index (χ0) is 10.4. The second-order valence-corrected chi connectivity index (χ2v) is 3.18. The summed E-state index contributed by atoms with van der Waals surface area (Å²) in [6.45, 7) is 3.23. The van der Waals surface area contributed by atoms with Crippen LogP contribution in [-0.2, 0) is 9.47 Å². The number of hydrogen-bond acceptors (Lipinski definition) is 3. The Balaban J connectivity index is 2.47. The maximum Gasteiger partial charge on any atom is 0.0798 e. The number of ether oxygens (including phenoxy) is 2. The van der Waals surface area contributed by atoms with Gasteiger partial charge in [-0.2, -0.15) is 0 Å². The molecule has 1 aromatic carbocycles. The summed E-state index contributed by atoms with van der Waals surface area (Å²) >= 11 is 0. The highest BCUT2D eigenvalue weighted by Crippen LogP contribution is 2.18. The van der Waals surface area contributed by atoms with E-state index in [1.54, 1.807) is 7.11 Å². The van der Waals surface area contributed by atoms with Crippen LogP contribution in [0.3, 0.4) is 0 Å². The molecule has 1 unspecified atom stereocenters. The van der Waals surface area contributed by atoms with E-state index in [1.165, 1.54) is 0 Å². The molecule has 3 nitrogen and oxygen atoms in total. The van der Waals surface area contributed by atoms with Gasteiger partial charge in [-0.15, -0.1) is 0 Å². The van der Waals surface area contributed by atoms with Gasteiger partial charge in [-0.3, -0.25) is 0 Å². The van der Waals surface area contributed by atoms with Crippen molar-refractivity contribution in [3.63, 3.8) is 0 Å². The van der Waals surface area contributed by atoms with Crippen LogP contribution in [0.25, 0.3) is 0 Å². The summed E-state index contributed by atoms with van der Waals surface area (Å²) in [6.07, 6.45) is 0.0636. The van der Waals surface area contributed by atoms with Crippen LogP contribution in [-0.4, -0.2) is 20.3 Å². The third-order valence-corrected chi connectivity index (χ3v) is 2.04. The predicted molar refractivity (Wildman–Crippen MR) is 57.1 cm³/mol. The van der Waals surface area contributed by atoms with Gasteiger partial charge >= 0.3 is 0 Å². The first kappa shape index (κ1) is 11.0. The Labute approximate surface area is 84.8 Å². The summed E-state index contributed by atoms with van der Waals surface area (Å²) in [5, 5.41) is 0. The number of nitrogens with two attached hydrogens (primary N) is 1. The highest BCUT2D eigenvalue weighted by atomic mass is 16.5. The number of hydrogen-bond donors (Lipinski definition) is 1. The van der Waals surface area contributed by atoms with Crippen LogP contribution in [0.2, 0.25) is 0 Å². The second kappa shape index (κ2) is 5.62. The van der Waals surface area contributed by atoms with Crippen LogP contribution in [0, 0.1) is 0 Å². The smallest absolute Gasteiger partial charge is 0.0798 e.